The van der Waals surface area contributed by atoms with Gasteiger partial charge in [0.2, 0.25) is 11.6 Å². The lowest BCUT2D eigenvalue weighted by molar-refractivity contribution is 0.0950. The van der Waals surface area contributed by atoms with Crippen molar-refractivity contribution in [2.24, 2.45) is 5.10 Å². The van der Waals surface area contributed by atoms with Crippen LogP contribution in [-0.4, -0.2) is 54.2 Å². The highest BCUT2D eigenvalue weighted by molar-refractivity contribution is 5.99. The maximum atomic E-state index is 12.8. The molecule has 0 unspecified atom stereocenters. The summed E-state index contributed by atoms with van der Waals surface area (Å²) in [6, 6.07) is 10.9. The first-order chi connectivity index (χ1) is 16.0. The van der Waals surface area contributed by atoms with Crippen molar-refractivity contribution in [3.8, 4) is 34.3 Å². The summed E-state index contributed by atoms with van der Waals surface area (Å²) in [6.07, 6.45) is 1.22. The van der Waals surface area contributed by atoms with Gasteiger partial charge in [-0.1, -0.05) is 5.21 Å². The number of nitrogens with one attached hydrogen (secondary N) is 1. The molecule has 33 heavy (non-hydrogen) atoms. The third-order valence-corrected chi connectivity index (χ3v) is 4.40. The van der Waals surface area contributed by atoms with Gasteiger partial charge < -0.3 is 20.7 Å². The van der Waals surface area contributed by atoms with E-state index in [0.29, 0.717) is 17.9 Å². The van der Waals surface area contributed by atoms with Gasteiger partial charge in [-0.05, 0) is 53.6 Å². The molecule has 0 saturated heterocycles. The van der Waals surface area contributed by atoms with Crippen molar-refractivity contribution < 1.29 is 24.4 Å². The Morgan fingerprint density at radius 1 is 1.24 bits per heavy atom. The van der Waals surface area contributed by atoms with Crippen LogP contribution in [-0.2, 0) is 0 Å². The average molecular weight is 450 g/mol. The van der Waals surface area contributed by atoms with E-state index in [1.165, 1.54) is 23.0 Å². The van der Waals surface area contributed by atoms with Crippen molar-refractivity contribution >= 4 is 17.9 Å². The molecule has 2 aromatic heterocycles. The number of rotatable bonds is 7. The van der Waals surface area contributed by atoms with Crippen molar-refractivity contribution in [1.82, 2.24) is 30.7 Å². The number of aromatic nitrogens is 5. The summed E-state index contributed by atoms with van der Waals surface area (Å²) in [5.41, 5.74) is 9.16. The van der Waals surface area contributed by atoms with Crippen molar-refractivity contribution in [3.05, 3.63) is 53.7 Å². The predicted molar refractivity (Wildman–Crippen MR) is 115 cm³/mol. The van der Waals surface area contributed by atoms with Crippen molar-refractivity contribution in [2.45, 2.75) is 6.92 Å². The third kappa shape index (κ3) is 4.41. The maximum Gasteiger partial charge on any atom is 0.294 e. The lowest BCUT2D eigenvalue weighted by Crippen LogP contribution is -2.19. The second-order valence-electron chi connectivity index (χ2n) is 6.57. The minimum absolute atomic E-state index is 0.0418. The highest BCUT2D eigenvalue weighted by Crippen LogP contribution is 2.28. The van der Waals surface area contributed by atoms with E-state index < -0.39 is 5.91 Å². The summed E-state index contributed by atoms with van der Waals surface area (Å²) >= 11 is 0. The summed E-state index contributed by atoms with van der Waals surface area (Å²) in [4.78, 5) is 12.8. The minimum Gasteiger partial charge on any atom is -0.508 e. The number of amides is 1. The first kappa shape index (κ1) is 21.3. The summed E-state index contributed by atoms with van der Waals surface area (Å²) in [7, 11) is 0. The van der Waals surface area contributed by atoms with Crippen molar-refractivity contribution in [3.63, 3.8) is 0 Å². The quantitative estimate of drug-likeness (QED) is 0.237. The Hall–Kier alpha value is -4.94. The molecule has 2 heterocycles. The lowest BCUT2D eigenvalue weighted by atomic mass is 10.1. The number of anilines is 1. The van der Waals surface area contributed by atoms with Crippen LogP contribution in [0.4, 0.5) is 5.82 Å². The Morgan fingerprint density at radius 3 is 2.70 bits per heavy atom. The first-order valence-electron chi connectivity index (χ1n) is 9.60. The van der Waals surface area contributed by atoms with Gasteiger partial charge >= 0.3 is 0 Å². The molecule has 0 bridgehead atoms. The summed E-state index contributed by atoms with van der Waals surface area (Å²) in [5, 5.41) is 38.2. The first-order valence-corrected chi connectivity index (χ1v) is 9.60. The van der Waals surface area contributed by atoms with E-state index in [0.717, 1.165) is 6.07 Å². The summed E-state index contributed by atoms with van der Waals surface area (Å²) in [6.45, 7) is 2.37. The molecule has 2 aromatic carbocycles. The third-order valence-electron chi connectivity index (χ3n) is 4.40. The van der Waals surface area contributed by atoms with Gasteiger partial charge in [0.15, 0.2) is 5.69 Å². The molecule has 1 amide bonds. The largest absolute Gasteiger partial charge is 0.508 e. The molecular weight excluding hydrogens is 432 g/mol. The molecule has 168 valence electrons. The molecule has 4 rings (SSSR count). The number of benzene rings is 2. The van der Waals surface area contributed by atoms with E-state index in [1.54, 1.807) is 24.3 Å². The van der Waals surface area contributed by atoms with Crippen LogP contribution >= 0.6 is 0 Å². The number of nitrogen functional groups attached to an aromatic ring is 1. The van der Waals surface area contributed by atoms with E-state index >= 15 is 0 Å². The van der Waals surface area contributed by atoms with E-state index in [-0.39, 0.29) is 40.1 Å². The van der Waals surface area contributed by atoms with Crippen LogP contribution in [0.2, 0.25) is 0 Å². The van der Waals surface area contributed by atoms with E-state index in [1.807, 2.05) is 6.92 Å². The molecule has 0 aliphatic rings. The molecule has 0 radical (unpaired) electrons. The molecule has 4 aromatic rings. The van der Waals surface area contributed by atoms with Crippen molar-refractivity contribution in [1.29, 1.82) is 0 Å². The van der Waals surface area contributed by atoms with E-state index in [9.17, 15) is 15.0 Å². The number of ether oxygens (including phenoxy) is 1. The van der Waals surface area contributed by atoms with Crippen LogP contribution < -0.4 is 15.9 Å². The maximum absolute atomic E-state index is 12.8. The Morgan fingerprint density at radius 2 is 2.03 bits per heavy atom. The molecule has 0 aliphatic carbocycles. The monoisotopic (exact) mass is 450 g/mol. The zero-order valence-electron chi connectivity index (χ0n) is 17.2. The number of phenolic OH excluding ortho intramolecular Hbond substituents is 2. The number of phenols is 2. The van der Waals surface area contributed by atoms with Gasteiger partial charge in [0, 0.05) is 17.2 Å². The number of hydrazone groups is 1. The van der Waals surface area contributed by atoms with Crippen LogP contribution in [0, 0.1) is 0 Å². The Bertz CT molecular complexity index is 1310. The number of aromatic hydroxyl groups is 2. The van der Waals surface area contributed by atoms with Crippen LogP contribution in [0.25, 0.3) is 17.1 Å². The Labute approximate surface area is 186 Å². The van der Waals surface area contributed by atoms with E-state index in [4.69, 9.17) is 10.5 Å². The molecular formula is C20H18N8O5. The average Bonchev–Trinajstić information content (AvgIpc) is 3.42. The van der Waals surface area contributed by atoms with Gasteiger partial charge in [-0.15, -0.1) is 5.10 Å². The van der Waals surface area contributed by atoms with Crippen LogP contribution in [0.3, 0.4) is 0 Å². The number of nitrogens with two attached hydrogens (primary N) is 1. The molecule has 13 nitrogen and oxygen atoms in total. The molecule has 13 heteroatoms. The van der Waals surface area contributed by atoms with Crippen molar-refractivity contribution in [2.75, 3.05) is 12.3 Å². The fraction of sp³-hybridized carbons (Fsp3) is 0.100. The standard InChI is InChI=1S/C20H18N8O5/c1-2-32-14-7-4-11(5-8-14)17-16(23-27-28(17)19-18(21)25-33-26-19)20(31)24-22-10-12-3-6-13(29)9-15(12)30/h3-10,29-30H,2H2,1H3,(H2,21,25)(H,24,31). The SMILES string of the molecule is CCOc1ccc(-c2c(C(=O)NN=Cc3ccc(O)cc3O)nnn2-c2nonc2N)cc1. The van der Waals surface area contributed by atoms with Gasteiger partial charge in [0.05, 0.1) is 12.8 Å². The molecule has 0 saturated carbocycles. The van der Waals surface area contributed by atoms with Crippen LogP contribution in [0.1, 0.15) is 23.0 Å². The van der Waals surface area contributed by atoms with Crippen LogP contribution in [0.15, 0.2) is 52.2 Å². The Balaban J connectivity index is 1.67. The Kier molecular flexibility index (Phi) is 5.84. The van der Waals surface area contributed by atoms with Gasteiger partial charge in [0.1, 0.15) is 22.9 Å². The summed E-state index contributed by atoms with van der Waals surface area (Å²) in [5.74, 6) is -0.334. The number of carbonyl (C=O) groups is 1. The van der Waals surface area contributed by atoms with Crippen LogP contribution in [0.5, 0.6) is 17.2 Å². The van der Waals surface area contributed by atoms with E-state index in [2.05, 4.69) is 35.8 Å². The fourth-order valence-corrected chi connectivity index (χ4v) is 2.91. The number of hydrogen-bond donors (Lipinski definition) is 4. The molecule has 0 fully saturated rings. The fourth-order valence-electron chi connectivity index (χ4n) is 2.91. The normalized spacial score (nSPS) is 11.1. The second kappa shape index (κ2) is 9.05. The van der Waals surface area contributed by atoms with Gasteiger partial charge in [-0.3, -0.25) is 4.79 Å². The zero-order chi connectivity index (χ0) is 23.4. The lowest BCUT2D eigenvalue weighted by Gasteiger charge is -2.07. The van der Waals surface area contributed by atoms with Gasteiger partial charge in [0.25, 0.3) is 5.91 Å². The van der Waals surface area contributed by atoms with Gasteiger partial charge in [-0.25, -0.2) is 10.1 Å². The second-order valence-corrected chi connectivity index (χ2v) is 6.57. The molecule has 5 N–H and O–H groups in total. The number of carbonyl (C=O) groups excluding carboxylic acids is 1. The smallest absolute Gasteiger partial charge is 0.294 e. The zero-order valence-corrected chi connectivity index (χ0v) is 17.2. The minimum atomic E-state index is -0.685. The molecule has 0 atom stereocenters. The summed E-state index contributed by atoms with van der Waals surface area (Å²) < 4.78 is 11.3. The predicted octanol–water partition coefficient (Wildman–Crippen LogP) is 1.47. The number of hydrogen-bond acceptors (Lipinski definition) is 11. The molecule has 0 spiro atoms. The number of nitrogens with zero attached hydrogens (tertiary/aromatic N) is 6. The highest BCUT2D eigenvalue weighted by Gasteiger charge is 2.25. The van der Waals surface area contributed by atoms with Gasteiger partial charge in [-0.2, -0.15) is 9.78 Å². The molecule has 0 aliphatic heterocycles. The highest BCUT2D eigenvalue weighted by atomic mass is 16.6. The topological polar surface area (TPSA) is 187 Å².